The van der Waals surface area contributed by atoms with E-state index < -0.39 is 12.2 Å². The molecule has 1 rings (SSSR count). The molecule has 0 atom stereocenters. The molecule has 1 aromatic rings. The summed E-state index contributed by atoms with van der Waals surface area (Å²) < 4.78 is 39.4. The van der Waals surface area contributed by atoms with Crippen molar-refractivity contribution >= 4 is 21.6 Å². The minimum Gasteiger partial charge on any atom is -0.398 e. The van der Waals surface area contributed by atoms with E-state index in [-0.39, 0.29) is 22.4 Å². The van der Waals surface area contributed by atoms with Crippen molar-refractivity contribution in [2.75, 3.05) is 5.73 Å². The molecule has 0 aliphatic heterocycles. The maximum atomic E-state index is 11.9. The van der Waals surface area contributed by atoms with Crippen LogP contribution in [0.4, 0.5) is 18.9 Å². The monoisotopic (exact) mass is 285 g/mol. The summed E-state index contributed by atoms with van der Waals surface area (Å²) in [5, 5.41) is 0. The van der Waals surface area contributed by atoms with Crippen molar-refractivity contribution in [1.29, 1.82) is 0 Å². The van der Waals surface area contributed by atoms with Crippen molar-refractivity contribution in [3.63, 3.8) is 0 Å². The maximum absolute atomic E-state index is 11.9. The number of hydrogen-bond donors (Lipinski definition) is 2. The molecule has 4 nitrogen and oxygen atoms in total. The topological polar surface area (TPSA) is 74.2 Å². The van der Waals surface area contributed by atoms with E-state index in [2.05, 4.69) is 25.7 Å². The van der Waals surface area contributed by atoms with Crippen molar-refractivity contribution < 1.29 is 17.9 Å². The average molecular weight is 286 g/mol. The highest BCUT2D eigenvalue weighted by Crippen LogP contribution is 2.33. The normalized spacial score (nSPS) is 11.5. The molecule has 0 bridgehead atoms. The van der Waals surface area contributed by atoms with Crippen LogP contribution in [0, 0.1) is 0 Å². The van der Waals surface area contributed by atoms with Gasteiger partial charge in [-0.3, -0.25) is 0 Å². The van der Waals surface area contributed by atoms with Crippen molar-refractivity contribution in [3.8, 4) is 5.88 Å². The molecule has 8 heteroatoms. The molecular weight excluding hydrogens is 279 g/mol. The Morgan fingerprint density at radius 2 is 2.07 bits per heavy atom. The number of anilines is 1. The van der Waals surface area contributed by atoms with Crippen LogP contribution < -0.4 is 16.2 Å². The van der Waals surface area contributed by atoms with E-state index in [1.807, 2.05) is 0 Å². The van der Waals surface area contributed by atoms with Gasteiger partial charge in [0.1, 0.15) is 4.47 Å². The molecule has 0 aromatic carbocycles. The number of ether oxygens (including phenoxy) is 1. The van der Waals surface area contributed by atoms with Gasteiger partial charge in [-0.2, -0.15) is 0 Å². The van der Waals surface area contributed by atoms with Crippen LogP contribution in [-0.4, -0.2) is 11.3 Å². The number of rotatable bonds is 2. The smallest absolute Gasteiger partial charge is 0.398 e. The Morgan fingerprint density at radius 3 is 2.53 bits per heavy atom. The lowest BCUT2D eigenvalue weighted by molar-refractivity contribution is -0.276. The molecule has 0 aliphatic rings. The van der Waals surface area contributed by atoms with Crippen LogP contribution in [-0.2, 0) is 6.54 Å². The third-order valence-corrected chi connectivity index (χ3v) is 2.23. The predicted octanol–water partition coefficient (Wildman–Crippen LogP) is 1.78. The summed E-state index contributed by atoms with van der Waals surface area (Å²) in [6.07, 6.45) is -4.81. The second kappa shape index (κ2) is 4.23. The molecule has 0 amide bonds. The van der Waals surface area contributed by atoms with Crippen LogP contribution in [0.5, 0.6) is 5.88 Å². The van der Waals surface area contributed by atoms with Crippen LogP contribution in [0.1, 0.15) is 5.69 Å². The largest absolute Gasteiger partial charge is 0.574 e. The summed E-state index contributed by atoms with van der Waals surface area (Å²) in [6, 6.07) is 1.37. The predicted molar refractivity (Wildman–Crippen MR) is 50.9 cm³/mol. The van der Waals surface area contributed by atoms with Crippen LogP contribution in [0.25, 0.3) is 0 Å². The third kappa shape index (κ3) is 3.24. The van der Waals surface area contributed by atoms with E-state index in [4.69, 9.17) is 11.5 Å². The fourth-order valence-corrected chi connectivity index (χ4v) is 1.14. The van der Waals surface area contributed by atoms with Crippen LogP contribution in [0.3, 0.4) is 0 Å². The molecule has 0 unspecified atom stereocenters. The molecule has 0 spiro atoms. The zero-order chi connectivity index (χ0) is 11.6. The van der Waals surface area contributed by atoms with Gasteiger partial charge in [0.15, 0.2) is 0 Å². The maximum Gasteiger partial charge on any atom is 0.574 e. The molecule has 0 saturated carbocycles. The van der Waals surface area contributed by atoms with Crippen LogP contribution in [0.15, 0.2) is 10.5 Å². The minimum absolute atomic E-state index is 0.0221. The SMILES string of the molecule is NCc1cc(N)c(Br)c(OC(F)(F)F)n1. The van der Waals surface area contributed by atoms with Gasteiger partial charge in [-0.05, 0) is 22.0 Å². The summed E-state index contributed by atoms with van der Waals surface area (Å²) in [5.74, 6) is -0.636. The first-order valence-electron chi connectivity index (χ1n) is 3.74. The fraction of sp³-hybridized carbons (Fsp3) is 0.286. The summed E-state index contributed by atoms with van der Waals surface area (Å²) >= 11 is 2.84. The van der Waals surface area contributed by atoms with E-state index in [0.29, 0.717) is 0 Å². The Balaban J connectivity index is 3.11. The van der Waals surface area contributed by atoms with Gasteiger partial charge in [-0.15, -0.1) is 13.2 Å². The molecular formula is C7H7BrF3N3O. The average Bonchev–Trinajstić information content (AvgIpc) is 2.10. The lowest BCUT2D eigenvalue weighted by atomic mass is 10.3. The Bertz CT molecular complexity index is 369. The lowest BCUT2D eigenvalue weighted by Gasteiger charge is -2.11. The summed E-state index contributed by atoms with van der Waals surface area (Å²) in [5.41, 5.74) is 11.0. The molecule has 15 heavy (non-hydrogen) atoms. The van der Waals surface area contributed by atoms with Gasteiger partial charge in [-0.25, -0.2) is 4.98 Å². The minimum atomic E-state index is -4.81. The molecule has 84 valence electrons. The van der Waals surface area contributed by atoms with Gasteiger partial charge >= 0.3 is 6.36 Å². The number of alkyl halides is 3. The molecule has 4 N–H and O–H groups in total. The third-order valence-electron chi connectivity index (χ3n) is 1.43. The standard InChI is InChI=1S/C7H7BrF3N3O/c8-5-4(13)1-3(2-12)14-6(5)15-7(9,10)11/h1H,2,12H2,(H2,13,14). The van der Waals surface area contributed by atoms with E-state index >= 15 is 0 Å². The van der Waals surface area contributed by atoms with E-state index in [1.165, 1.54) is 6.07 Å². The first-order valence-corrected chi connectivity index (χ1v) is 4.53. The van der Waals surface area contributed by atoms with Gasteiger partial charge in [0, 0.05) is 6.54 Å². The van der Waals surface area contributed by atoms with Crippen LogP contribution in [0.2, 0.25) is 0 Å². The second-order valence-electron chi connectivity index (χ2n) is 2.57. The number of nitrogens with two attached hydrogens (primary N) is 2. The molecule has 0 radical (unpaired) electrons. The molecule has 0 aliphatic carbocycles. The van der Waals surface area contributed by atoms with E-state index in [9.17, 15) is 13.2 Å². The molecule has 1 aromatic heterocycles. The Kier molecular flexibility index (Phi) is 3.40. The number of pyridine rings is 1. The summed E-state index contributed by atoms with van der Waals surface area (Å²) in [4.78, 5) is 3.54. The first-order chi connectivity index (χ1) is 6.83. The second-order valence-corrected chi connectivity index (χ2v) is 3.37. The zero-order valence-electron chi connectivity index (χ0n) is 7.31. The quantitative estimate of drug-likeness (QED) is 0.869. The van der Waals surface area contributed by atoms with Gasteiger partial charge in [0.25, 0.3) is 0 Å². The zero-order valence-corrected chi connectivity index (χ0v) is 8.89. The van der Waals surface area contributed by atoms with Gasteiger partial charge < -0.3 is 16.2 Å². The summed E-state index contributed by atoms with van der Waals surface area (Å²) in [7, 11) is 0. The van der Waals surface area contributed by atoms with Gasteiger partial charge in [-0.1, -0.05) is 0 Å². The number of nitrogen functional groups attached to an aromatic ring is 1. The van der Waals surface area contributed by atoms with Crippen molar-refractivity contribution in [2.24, 2.45) is 5.73 Å². The Morgan fingerprint density at radius 1 is 1.47 bits per heavy atom. The van der Waals surface area contributed by atoms with Crippen molar-refractivity contribution in [3.05, 3.63) is 16.2 Å². The fourth-order valence-electron chi connectivity index (χ4n) is 0.860. The highest BCUT2D eigenvalue weighted by Gasteiger charge is 2.33. The number of nitrogens with zero attached hydrogens (tertiary/aromatic N) is 1. The van der Waals surface area contributed by atoms with Gasteiger partial charge in [0.05, 0.1) is 11.4 Å². The molecule has 1 heterocycles. The van der Waals surface area contributed by atoms with E-state index in [1.54, 1.807) is 0 Å². The van der Waals surface area contributed by atoms with Gasteiger partial charge in [0.2, 0.25) is 5.88 Å². The Labute approximate surface area is 91.5 Å². The van der Waals surface area contributed by atoms with Crippen LogP contribution >= 0.6 is 15.9 Å². The highest BCUT2D eigenvalue weighted by atomic mass is 79.9. The molecule has 0 saturated heterocycles. The highest BCUT2D eigenvalue weighted by molar-refractivity contribution is 9.10. The van der Waals surface area contributed by atoms with Crippen molar-refractivity contribution in [2.45, 2.75) is 12.9 Å². The lowest BCUT2D eigenvalue weighted by Crippen LogP contribution is -2.19. The Hall–Kier alpha value is -1.02. The number of aromatic nitrogens is 1. The number of hydrogen-bond acceptors (Lipinski definition) is 4. The first kappa shape index (κ1) is 12.1. The molecule has 0 fully saturated rings. The summed E-state index contributed by atoms with van der Waals surface area (Å²) in [6.45, 7) is -0.0221. The van der Waals surface area contributed by atoms with Crippen molar-refractivity contribution in [1.82, 2.24) is 4.98 Å². The van der Waals surface area contributed by atoms with E-state index in [0.717, 1.165) is 0 Å². The number of halogens is 4.